The minimum atomic E-state index is -0.622. The topological polar surface area (TPSA) is 140 Å². The van der Waals surface area contributed by atoms with Crippen molar-refractivity contribution < 1.29 is 43.9 Å². The molecule has 0 saturated heterocycles. The Morgan fingerprint density at radius 2 is 0.474 bits per heavy atom. The first kappa shape index (κ1) is 65.2. The van der Waals surface area contributed by atoms with Crippen molar-refractivity contribution in [1.82, 2.24) is 0 Å². The number of hydrogen-bond acceptors (Lipinski definition) is 9. The highest BCUT2D eigenvalue weighted by atomic mass is 16.5. The fourth-order valence-electron chi connectivity index (χ4n) is 10.0. The first-order chi connectivity index (χ1) is 36.0. The first-order valence-corrected chi connectivity index (χ1v) is 29.3. The molecule has 4 aromatic carbocycles. The Balaban J connectivity index is 1.35. The van der Waals surface area contributed by atoms with Crippen LogP contribution in [-0.2, 0) is 66.0 Å². The van der Waals surface area contributed by atoms with Crippen LogP contribution in [0.3, 0.4) is 0 Å². The summed E-state index contributed by atoms with van der Waals surface area (Å²) in [6.07, 6.45) is 12.9. The summed E-state index contributed by atoms with van der Waals surface area (Å²) in [6, 6.07) is 17.1. The van der Waals surface area contributed by atoms with Crippen molar-refractivity contribution in [3.8, 4) is 17.2 Å². The predicted octanol–water partition coefficient (Wildman–Crippen LogP) is 17.5. The van der Waals surface area contributed by atoms with Crippen molar-refractivity contribution in [3.63, 3.8) is 0 Å². The van der Waals surface area contributed by atoms with E-state index in [1.807, 2.05) is 0 Å². The number of unbranched alkanes of at least 4 members (excludes halogenated alkanes) is 9. The molecule has 0 aliphatic carbocycles. The summed E-state index contributed by atoms with van der Waals surface area (Å²) < 4.78 is 17.2. The molecule has 78 heavy (non-hydrogen) atoms. The van der Waals surface area contributed by atoms with E-state index in [2.05, 4.69) is 161 Å². The van der Waals surface area contributed by atoms with Gasteiger partial charge in [-0.25, -0.2) is 14.4 Å². The van der Waals surface area contributed by atoms with Gasteiger partial charge in [0.15, 0.2) is 0 Å². The fourth-order valence-corrected chi connectivity index (χ4v) is 10.0. The van der Waals surface area contributed by atoms with Crippen LogP contribution in [-0.4, -0.2) is 53.0 Å². The third-order valence-electron chi connectivity index (χ3n) is 14.8. The van der Waals surface area contributed by atoms with Gasteiger partial charge in [0.25, 0.3) is 0 Å². The average Bonchev–Trinajstić information content (AvgIpc) is 3.32. The summed E-state index contributed by atoms with van der Waals surface area (Å²) in [5.74, 6) is -0.710. The molecule has 0 spiro atoms. The van der Waals surface area contributed by atoms with E-state index in [-0.39, 0.29) is 69.0 Å². The number of aromatic hydroxyl groups is 3. The normalized spacial score (nSPS) is 12.7. The molecule has 0 heterocycles. The van der Waals surface area contributed by atoms with Crippen molar-refractivity contribution in [1.29, 1.82) is 0 Å². The molecular formula is C69H102O9. The zero-order valence-corrected chi connectivity index (χ0v) is 51.7. The quantitative estimate of drug-likeness (QED) is 0.0355. The maximum absolute atomic E-state index is 13.6. The molecule has 0 aromatic heterocycles. The van der Waals surface area contributed by atoms with Crippen molar-refractivity contribution in [2.45, 2.75) is 253 Å². The van der Waals surface area contributed by atoms with Crippen LogP contribution in [0.25, 0.3) is 0 Å². The lowest BCUT2D eigenvalue weighted by Crippen LogP contribution is -2.18. The van der Waals surface area contributed by atoms with Crippen LogP contribution < -0.4 is 0 Å². The number of phenols is 3. The molecule has 3 N–H and O–H groups in total. The van der Waals surface area contributed by atoms with E-state index in [0.717, 1.165) is 110 Å². The lowest BCUT2D eigenvalue weighted by molar-refractivity contribution is 0.0494. The van der Waals surface area contributed by atoms with E-state index in [1.54, 1.807) is 0 Å². The third kappa shape index (κ3) is 19.5. The predicted molar refractivity (Wildman–Crippen MR) is 320 cm³/mol. The second-order valence-corrected chi connectivity index (χ2v) is 28.3. The van der Waals surface area contributed by atoms with Gasteiger partial charge in [0, 0.05) is 0 Å². The number of hydrogen-bond donors (Lipinski definition) is 3. The Labute approximate surface area is 471 Å². The molecule has 0 atom stereocenters. The van der Waals surface area contributed by atoms with Gasteiger partial charge in [-0.05, 0) is 159 Å². The third-order valence-corrected chi connectivity index (χ3v) is 14.8. The van der Waals surface area contributed by atoms with Gasteiger partial charge in [0.1, 0.15) is 17.2 Å². The van der Waals surface area contributed by atoms with Crippen molar-refractivity contribution in [3.05, 3.63) is 121 Å². The molecule has 4 aromatic rings. The molecule has 0 aliphatic rings. The number of carbonyl (C=O) groups is 3. The highest BCUT2D eigenvalue weighted by Crippen LogP contribution is 2.43. The van der Waals surface area contributed by atoms with Crippen molar-refractivity contribution >= 4 is 17.9 Å². The average molecular weight is 1080 g/mol. The SMILES string of the molecule is CC(C)(C)c1cc(CCCCCCOC(=O)c2cc(C(=O)OCCCCCCc3cc(C(C)(C)C)c(O)c(C(C)(C)C)c3)cc(C(=O)OCCCCCCc3cc(C(C)(C)C)c(O)c(C(C)(C)C)c3)c2)cc(C(C)(C)C)c1O. The number of aryl methyl sites for hydroxylation is 3. The highest BCUT2D eigenvalue weighted by Gasteiger charge is 2.30. The second-order valence-electron chi connectivity index (χ2n) is 28.3. The smallest absolute Gasteiger partial charge is 0.338 e. The van der Waals surface area contributed by atoms with Gasteiger partial charge in [0.05, 0.1) is 36.5 Å². The molecule has 0 unspecified atom stereocenters. The van der Waals surface area contributed by atoms with Gasteiger partial charge in [-0.15, -0.1) is 0 Å². The molecule has 0 bridgehead atoms. The summed E-state index contributed by atoms with van der Waals surface area (Å²) in [5.41, 5.74) is 8.51. The van der Waals surface area contributed by atoms with Gasteiger partial charge in [-0.1, -0.05) is 200 Å². The van der Waals surface area contributed by atoms with E-state index in [1.165, 1.54) is 34.9 Å². The molecule has 0 fully saturated rings. The number of phenolic OH excluding ortho intramolecular Hbond substituents is 3. The Morgan fingerprint density at radius 3 is 0.654 bits per heavy atom. The number of rotatable bonds is 24. The summed E-state index contributed by atoms with van der Waals surface area (Å²) >= 11 is 0. The number of benzene rings is 4. The molecule has 0 radical (unpaired) electrons. The molecule has 4 rings (SSSR count). The molecular weight excluding hydrogens is 973 g/mol. The molecule has 9 heteroatoms. The molecule has 0 saturated carbocycles. The number of ether oxygens (including phenoxy) is 3. The lowest BCUT2D eigenvalue weighted by atomic mass is 9.78. The van der Waals surface area contributed by atoms with Crippen molar-refractivity contribution in [2.24, 2.45) is 0 Å². The minimum Gasteiger partial charge on any atom is -0.507 e. The highest BCUT2D eigenvalue weighted by molar-refractivity contribution is 6.00. The van der Waals surface area contributed by atoms with Crippen LogP contribution in [0.2, 0.25) is 0 Å². The Hall–Kier alpha value is -5.31. The summed E-state index contributed by atoms with van der Waals surface area (Å²) in [7, 11) is 0. The van der Waals surface area contributed by atoms with Gasteiger partial charge >= 0.3 is 17.9 Å². The second kappa shape index (κ2) is 27.2. The van der Waals surface area contributed by atoms with Gasteiger partial charge in [-0.2, -0.15) is 0 Å². The Bertz CT molecular complexity index is 2240. The van der Waals surface area contributed by atoms with E-state index >= 15 is 0 Å². The summed E-state index contributed by atoms with van der Waals surface area (Å²) in [6.45, 7) is 38.8. The minimum absolute atomic E-state index is 0.0879. The van der Waals surface area contributed by atoms with Crippen LogP contribution in [0.15, 0.2) is 54.6 Å². The monoisotopic (exact) mass is 1070 g/mol. The Morgan fingerprint density at radius 1 is 0.295 bits per heavy atom. The number of esters is 3. The molecule has 0 amide bonds. The van der Waals surface area contributed by atoms with Crippen LogP contribution in [0, 0.1) is 0 Å². The van der Waals surface area contributed by atoms with Crippen LogP contribution in [0.1, 0.15) is 283 Å². The van der Waals surface area contributed by atoms with E-state index in [0.29, 0.717) is 36.5 Å². The number of carbonyl (C=O) groups excluding carboxylic acids is 3. The maximum Gasteiger partial charge on any atom is 0.338 e. The van der Waals surface area contributed by atoms with Crippen LogP contribution >= 0.6 is 0 Å². The molecule has 432 valence electrons. The zero-order valence-electron chi connectivity index (χ0n) is 51.7. The van der Waals surface area contributed by atoms with E-state index < -0.39 is 17.9 Å². The molecule has 0 aliphatic heterocycles. The Kier molecular flexibility index (Phi) is 22.8. The van der Waals surface area contributed by atoms with Crippen LogP contribution in [0.5, 0.6) is 17.2 Å². The zero-order chi connectivity index (χ0) is 58.6. The fraction of sp³-hybridized carbons (Fsp3) is 0.609. The van der Waals surface area contributed by atoms with Gasteiger partial charge in [-0.3, -0.25) is 0 Å². The van der Waals surface area contributed by atoms with Gasteiger partial charge < -0.3 is 29.5 Å². The van der Waals surface area contributed by atoms with Gasteiger partial charge in [0.2, 0.25) is 0 Å². The summed E-state index contributed by atoms with van der Waals surface area (Å²) in [4.78, 5) is 40.7. The standard InChI is InChI=1S/C69H102O9/c1-64(2,3)52-37-46(38-53(58(52)70)65(4,5)6)31-25-19-22-28-34-76-61(73)49-43-50(62(74)77-35-29-23-20-26-32-47-39-54(66(7,8)9)59(71)55(40-47)67(10,11)12)45-51(44-49)63(75)78-36-30-24-21-27-33-48-41-56(68(13,14)15)60(72)57(42-48)69(16,17)18/h37-45,70-72H,19-36H2,1-18H3. The summed E-state index contributed by atoms with van der Waals surface area (Å²) in [5, 5.41) is 33.5. The van der Waals surface area contributed by atoms with Crippen LogP contribution in [0.4, 0.5) is 0 Å². The lowest BCUT2D eigenvalue weighted by Gasteiger charge is -2.28. The van der Waals surface area contributed by atoms with E-state index in [9.17, 15) is 29.7 Å². The largest absolute Gasteiger partial charge is 0.507 e. The first-order valence-electron chi connectivity index (χ1n) is 29.3. The maximum atomic E-state index is 13.6. The van der Waals surface area contributed by atoms with E-state index in [4.69, 9.17) is 14.2 Å². The van der Waals surface area contributed by atoms with Crippen molar-refractivity contribution in [2.75, 3.05) is 19.8 Å². The molecule has 9 nitrogen and oxygen atoms in total.